The molecule has 0 amide bonds. The average molecular weight is 256 g/mol. The molecule has 1 saturated carbocycles. The molecule has 1 N–H and O–H groups in total. The quantitative estimate of drug-likeness (QED) is 0.820. The lowest BCUT2D eigenvalue weighted by Gasteiger charge is -2.27. The lowest BCUT2D eigenvalue weighted by atomic mass is 10.3. The summed E-state index contributed by atoms with van der Waals surface area (Å²) < 4.78 is 0. The Morgan fingerprint density at radius 2 is 2.18 bits per heavy atom. The van der Waals surface area contributed by atoms with E-state index in [2.05, 4.69) is 23.8 Å². The Kier molecular flexibility index (Phi) is 3.84. The lowest BCUT2D eigenvalue weighted by Crippen LogP contribution is -2.34. The van der Waals surface area contributed by atoms with Gasteiger partial charge >= 0.3 is 0 Å². The van der Waals surface area contributed by atoms with Crippen molar-refractivity contribution in [2.45, 2.75) is 38.6 Å². The van der Waals surface area contributed by atoms with Crippen LogP contribution in [-0.4, -0.2) is 34.3 Å². The molecule has 1 aromatic rings. The molecule has 0 unspecified atom stereocenters. The van der Waals surface area contributed by atoms with E-state index < -0.39 is 0 Å². The van der Waals surface area contributed by atoms with Crippen molar-refractivity contribution in [2.24, 2.45) is 0 Å². The number of aliphatic hydroxyl groups excluding tert-OH is 1. The molecule has 5 heteroatoms. The Bertz CT molecular complexity index is 393. The third-order valence-corrected chi connectivity index (χ3v) is 3.09. The van der Waals surface area contributed by atoms with Crippen LogP contribution in [0.4, 0.5) is 5.82 Å². The highest BCUT2D eigenvalue weighted by molar-refractivity contribution is 6.29. The standard InChI is InChI=1S/C12H18ClN3O/c1-8(2)16(5-6-17)11-7-10(13)14-12(15-11)9-3-4-9/h7-9,17H,3-6H2,1-2H3. The number of hydrogen-bond acceptors (Lipinski definition) is 4. The van der Waals surface area contributed by atoms with Crippen LogP contribution in [0.25, 0.3) is 0 Å². The number of aromatic nitrogens is 2. The molecule has 0 atom stereocenters. The number of anilines is 1. The first kappa shape index (κ1) is 12.6. The van der Waals surface area contributed by atoms with Crippen molar-refractivity contribution in [2.75, 3.05) is 18.1 Å². The minimum absolute atomic E-state index is 0.110. The zero-order chi connectivity index (χ0) is 12.4. The maximum Gasteiger partial charge on any atom is 0.135 e. The van der Waals surface area contributed by atoms with Crippen LogP contribution in [0.3, 0.4) is 0 Å². The number of rotatable bonds is 5. The second-order valence-electron chi connectivity index (χ2n) is 4.69. The maximum absolute atomic E-state index is 9.09. The normalized spacial score (nSPS) is 15.4. The molecule has 0 aromatic carbocycles. The van der Waals surface area contributed by atoms with Crippen molar-refractivity contribution < 1.29 is 5.11 Å². The molecule has 1 heterocycles. The molecule has 94 valence electrons. The Morgan fingerprint density at radius 1 is 1.47 bits per heavy atom. The van der Waals surface area contributed by atoms with Gasteiger partial charge in [-0.15, -0.1) is 0 Å². The summed E-state index contributed by atoms with van der Waals surface area (Å²) in [7, 11) is 0. The fourth-order valence-corrected chi connectivity index (χ4v) is 2.02. The highest BCUT2D eigenvalue weighted by atomic mass is 35.5. The smallest absolute Gasteiger partial charge is 0.135 e. The minimum Gasteiger partial charge on any atom is -0.395 e. The van der Waals surface area contributed by atoms with Gasteiger partial charge in [-0.3, -0.25) is 0 Å². The van der Waals surface area contributed by atoms with E-state index in [1.807, 2.05) is 4.90 Å². The van der Waals surface area contributed by atoms with Gasteiger partial charge in [-0.05, 0) is 26.7 Å². The summed E-state index contributed by atoms with van der Waals surface area (Å²) in [4.78, 5) is 10.9. The molecule has 1 fully saturated rings. The van der Waals surface area contributed by atoms with Crippen molar-refractivity contribution in [1.82, 2.24) is 9.97 Å². The van der Waals surface area contributed by atoms with Gasteiger partial charge in [0.2, 0.25) is 0 Å². The second kappa shape index (κ2) is 5.19. The summed E-state index contributed by atoms with van der Waals surface area (Å²) in [5.74, 6) is 2.14. The summed E-state index contributed by atoms with van der Waals surface area (Å²) in [6.45, 7) is 4.82. The Morgan fingerprint density at radius 3 is 2.71 bits per heavy atom. The predicted molar refractivity (Wildman–Crippen MR) is 68.6 cm³/mol. The number of aliphatic hydroxyl groups is 1. The van der Waals surface area contributed by atoms with Gasteiger partial charge in [0.1, 0.15) is 16.8 Å². The van der Waals surface area contributed by atoms with Crippen LogP contribution >= 0.6 is 11.6 Å². The first-order valence-electron chi connectivity index (χ1n) is 6.03. The lowest BCUT2D eigenvalue weighted by molar-refractivity contribution is 0.298. The zero-order valence-corrected chi connectivity index (χ0v) is 11.0. The minimum atomic E-state index is 0.110. The van der Waals surface area contributed by atoms with E-state index >= 15 is 0 Å². The molecule has 0 bridgehead atoms. The molecule has 17 heavy (non-hydrogen) atoms. The summed E-state index contributed by atoms with van der Waals surface area (Å²) >= 11 is 6.03. The Balaban J connectivity index is 2.28. The van der Waals surface area contributed by atoms with Gasteiger partial charge in [-0.25, -0.2) is 9.97 Å². The fourth-order valence-electron chi connectivity index (χ4n) is 1.84. The molecular weight excluding hydrogens is 238 g/mol. The monoisotopic (exact) mass is 255 g/mol. The van der Waals surface area contributed by atoms with Gasteiger partial charge in [0.05, 0.1) is 6.61 Å². The van der Waals surface area contributed by atoms with E-state index in [9.17, 15) is 0 Å². The van der Waals surface area contributed by atoms with E-state index in [0.717, 1.165) is 24.5 Å². The van der Waals surface area contributed by atoms with Gasteiger partial charge in [0.15, 0.2) is 0 Å². The second-order valence-corrected chi connectivity index (χ2v) is 5.08. The van der Waals surface area contributed by atoms with Gasteiger partial charge < -0.3 is 10.0 Å². The van der Waals surface area contributed by atoms with Crippen LogP contribution in [-0.2, 0) is 0 Å². The third kappa shape index (κ3) is 3.07. The van der Waals surface area contributed by atoms with E-state index in [-0.39, 0.29) is 12.6 Å². The van der Waals surface area contributed by atoms with Crippen molar-refractivity contribution >= 4 is 17.4 Å². The van der Waals surface area contributed by atoms with Crippen LogP contribution in [0.5, 0.6) is 0 Å². The van der Waals surface area contributed by atoms with E-state index in [1.54, 1.807) is 6.07 Å². The highest BCUT2D eigenvalue weighted by Gasteiger charge is 2.28. The maximum atomic E-state index is 9.09. The molecule has 1 aliphatic rings. The van der Waals surface area contributed by atoms with Crippen LogP contribution in [0.1, 0.15) is 38.4 Å². The number of nitrogens with zero attached hydrogens (tertiary/aromatic N) is 3. The third-order valence-electron chi connectivity index (χ3n) is 2.90. The SMILES string of the molecule is CC(C)N(CCO)c1cc(Cl)nc(C2CC2)n1. The molecule has 1 aliphatic carbocycles. The zero-order valence-electron chi connectivity index (χ0n) is 10.2. The summed E-state index contributed by atoms with van der Waals surface area (Å²) in [6, 6.07) is 2.04. The van der Waals surface area contributed by atoms with Gasteiger partial charge in [-0.1, -0.05) is 11.6 Å². The predicted octanol–water partition coefficient (Wildman–Crippen LogP) is 2.21. The molecular formula is C12H18ClN3O. The van der Waals surface area contributed by atoms with Gasteiger partial charge in [0.25, 0.3) is 0 Å². The van der Waals surface area contributed by atoms with Crippen molar-refractivity contribution in [1.29, 1.82) is 0 Å². The molecule has 2 rings (SSSR count). The van der Waals surface area contributed by atoms with E-state index in [0.29, 0.717) is 17.6 Å². The Hall–Kier alpha value is -0.870. The van der Waals surface area contributed by atoms with Crippen molar-refractivity contribution in [3.63, 3.8) is 0 Å². The molecule has 0 saturated heterocycles. The topological polar surface area (TPSA) is 49.2 Å². The highest BCUT2D eigenvalue weighted by Crippen LogP contribution is 2.39. The molecule has 0 radical (unpaired) electrons. The van der Waals surface area contributed by atoms with Crippen LogP contribution in [0.2, 0.25) is 5.15 Å². The van der Waals surface area contributed by atoms with Gasteiger partial charge in [-0.2, -0.15) is 0 Å². The van der Waals surface area contributed by atoms with E-state index in [1.165, 1.54) is 0 Å². The van der Waals surface area contributed by atoms with E-state index in [4.69, 9.17) is 16.7 Å². The van der Waals surface area contributed by atoms with Gasteiger partial charge in [0, 0.05) is 24.6 Å². The van der Waals surface area contributed by atoms with Crippen LogP contribution in [0, 0.1) is 0 Å². The summed E-state index contributed by atoms with van der Waals surface area (Å²) in [6.07, 6.45) is 2.31. The van der Waals surface area contributed by atoms with Crippen molar-refractivity contribution in [3.05, 3.63) is 17.0 Å². The first-order chi connectivity index (χ1) is 8.11. The Labute approximate surface area is 107 Å². The number of halogens is 1. The number of hydrogen-bond donors (Lipinski definition) is 1. The van der Waals surface area contributed by atoms with Crippen molar-refractivity contribution in [3.8, 4) is 0 Å². The summed E-state index contributed by atoms with van der Waals surface area (Å²) in [5, 5.41) is 9.58. The van der Waals surface area contributed by atoms with Crippen LogP contribution < -0.4 is 4.90 Å². The fraction of sp³-hybridized carbons (Fsp3) is 0.667. The molecule has 4 nitrogen and oxygen atoms in total. The summed E-state index contributed by atoms with van der Waals surface area (Å²) in [5.41, 5.74) is 0. The van der Waals surface area contributed by atoms with Crippen LogP contribution in [0.15, 0.2) is 6.07 Å². The first-order valence-corrected chi connectivity index (χ1v) is 6.41. The molecule has 1 aromatic heterocycles. The molecule has 0 spiro atoms. The average Bonchev–Trinajstić information content (AvgIpc) is 3.08. The largest absolute Gasteiger partial charge is 0.395 e. The molecule has 0 aliphatic heterocycles.